The number of piperidine rings is 1. The molecule has 0 radical (unpaired) electrons. The molecule has 0 aromatic rings. The van der Waals surface area contributed by atoms with Crippen molar-refractivity contribution >= 4 is 5.91 Å². The number of ether oxygens (including phenoxy) is 1. The molecule has 2 heterocycles. The molecule has 2 saturated heterocycles. The summed E-state index contributed by atoms with van der Waals surface area (Å²) in [6.07, 6.45) is 1.77. The van der Waals surface area contributed by atoms with Gasteiger partial charge in [0.1, 0.15) is 0 Å². The average Bonchev–Trinajstić information content (AvgIpc) is 2.37. The zero-order valence-electron chi connectivity index (χ0n) is 11.3. The normalized spacial score (nSPS) is 32.3. The summed E-state index contributed by atoms with van der Waals surface area (Å²) in [5.74, 6) is 0.295. The van der Waals surface area contributed by atoms with Gasteiger partial charge < -0.3 is 20.1 Å². The summed E-state index contributed by atoms with van der Waals surface area (Å²) in [5, 5.41) is 12.5. The first-order chi connectivity index (χ1) is 8.52. The van der Waals surface area contributed by atoms with Gasteiger partial charge in [-0.2, -0.15) is 0 Å². The van der Waals surface area contributed by atoms with E-state index in [9.17, 15) is 9.90 Å². The van der Waals surface area contributed by atoms with Crippen molar-refractivity contribution in [2.75, 3.05) is 32.8 Å². The van der Waals surface area contributed by atoms with Gasteiger partial charge >= 0.3 is 0 Å². The molecular formula is C13H24N2O3. The number of nitrogens with zero attached hydrogens (tertiary/aromatic N) is 1. The number of carbonyl (C=O) groups excluding carboxylic acids is 1. The molecule has 0 saturated carbocycles. The fraction of sp³-hybridized carbons (Fsp3) is 0.923. The Labute approximate surface area is 108 Å². The summed E-state index contributed by atoms with van der Waals surface area (Å²) < 4.78 is 5.73. The second-order valence-corrected chi connectivity index (χ2v) is 5.94. The number of aliphatic hydroxyl groups excluding tert-OH is 1. The average molecular weight is 256 g/mol. The lowest BCUT2D eigenvalue weighted by Gasteiger charge is -2.43. The van der Waals surface area contributed by atoms with Crippen LogP contribution in [0.25, 0.3) is 0 Å². The van der Waals surface area contributed by atoms with Gasteiger partial charge in [-0.05, 0) is 33.2 Å². The SMILES string of the molecule is CC1(C)CN(C(=O)[C@H]2CCCNC2)CC(CO)O1. The number of hydrogen-bond donors (Lipinski definition) is 2. The van der Waals surface area contributed by atoms with Gasteiger partial charge in [0.2, 0.25) is 5.91 Å². The fourth-order valence-corrected chi connectivity index (χ4v) is 2.88. The second kappa shape index (κ2) is 5.55. The van der Waals surface area contributed by atoms with E-state index in [2.05, 4.69) is 5.32 Å². The lowest BCUT2D eigenvalue weighted by molar-refractivity contribution is -0.170. The highest BCUT2D eigenvalue weighted by atomic mass is 16.5. The molecule has 5 nitrogen and oxygen atoms in total. The molecule has 104 valence electrons. The molecule has 1 amide bonds. The summed E-state index contributed by atoms with van der Waals surface area (Å²) in [7, 11) is 0. The largest absolute Gasteiger partial charge is 0.394 e. The monoisotopic (exact) mass is 256 g/mol. The van der Waals surface area contributed by atoms with Gasteiger partial charge in [-0.25, -0.2) is 0 Å². The van der Waals surface area contributed by atoms with Crippen LogP contribution in [-0.2, 0) is 9.53 Å². The van der Waals surface area contributed by atoms with Gasteiger partial charge in [0.15, 0.2) is 0 Å². The maximum absolute atomic E-state index is 12.5. The van der Waals surface area contributed by atoms with Gasteiger partial charge in [0.25, 0.3) is 0 Å². The second-order valence-electron chi connectivity index (χ2n) is 5.94. The third-order valence-corrected chi connectivity index (χ3v) is 3.64. The number of amides is 1. The maximum Gasteiger partial charge on any atom is 0.227 e. The molecule has 2 N–H and O–H groups in total. The first-order valence-corrected chi connectivity index (χ1v) is 6.80. The Hall–Kier alpha value is -0.650. The summed E-state index contributed by atoms with van der Waals surface area (Å²) in [4.78, 5) is 14.3. The number of hydrogen-bond acceptors (Lipinski definition) is 4. The van der Waals surface area contributed by atoms with Gasteiger partial charge in [-0.1, -0.05) is 0 Å². The van der Waals surface area contributed by atoms with Crippen LogP contribution in [0.4, 0.5) is 0 Å². The fourth-order valence-electron chi connectivity index (χ4n) is 2.88. The number of nitrogens with one attached hydrogen (secondary N) is 1. The van der Waals surface area contributed by atoms with E-state index < -0.39 is 0 Å². The summed E-state index contributed by atoms with van der Waals surface area (Å²) in [5.41, 5.74) is -0.372. The Bertz CT molecular complexity index is 301. The number of rotatable bonds is 2. The first-order valence-electron chi connectivity index (χ1n) is 6.80. The highest BCUT2D eigenvalue weighted by Crippen LogP contribution is 2.23. The van der Waals surface area contributed by atoms with Crippen LogP contribution in [0.2, 0.25) is 0 Å². The predicted molar refractivity (Wildman–Crippen MR) is 68.2 cm³/mol. The maximum atomic E-state index is 12.5. The summed E-state index contributed by atoms with van der Waals surface area (Å²) in [6.45, 7) is 6.81. The standard InChI is InChI=1S/C13H24N2O3/c1-13(2)9-15(7-11(8-16)18-13)12(17)10-4-3-5-14-6-10/h10-11,14,16H,3-9H2,1-2H3/t10-,11?/m0/s1. The lowest BCUT2D eigenvalue weighted by Crippen LogP contribution is -2.57. The molecule has 0 bridgehead atoms. The highest BCUT2D eigenvalue weighted by molar-refractivity contribution is 5.79. The van der Waals surface area contributed by atoms with Crippen LogP contribution in [0, 0.1) is 5.92 Å². The van der Waals surface area contributed by atoms with E-state index in [0.717, 1.165) is 25.9 Å². The summed E-state index contributed by atoms with van der Waals surface area (Å²) in [6, 6.07) is 0. The third-order valence-electron chi connectivity index (χ3n) is 3.64. The van der Waals surface area contributed by atoms with Crippen molar-refractivity contribution in [1.82, 2.24) is 10.2 Å². The minimum Gasteiger partial charge on any atom is -0.394 e. The molecule has 5 heteroatoms. The molecule has 2 atom stereocenters. The van der Waals surface area contributed by atoms with Gasteiger partial charge in [-0.15, -0.1) is 0 Å². The minimum absolute atomic E-state index is 0.0316. The number of carbonyl (C=O) groups is 1. The van der Waals surface area contributed by atoms with E-state index in [1.807, 2.05) is 18.7 Å². The van der Waals surface area contributed by atoms with E-state index in [0.29, 0.717) is 13.1 Å². The molecule has 2 aliphatic rings. The van der Waals surface area contributed by atoms with Crippen LogP contribution in [0.3, 0.4) is 0 Å². The molecule has 2 rings (SSSR count). The Morgan fingerprint density at radius 2 is 2.33 bits per heavy atom. The van der Waals surface area contributed by atoms with E-state index in [4.69, 9.17) is 4.74 Å². The van der Waals surface area contributed by atoms with Crippen LogP contribution in [0.5, 0.6) is 0 Å². The molecule has 0 aromatic heterocycles. The minimum atomic E-state index is -0.372. The van der Waals surface area contributed by atoms with Gasteiger partial charge in [-0.3, -0.25) is 4.79 Å². The van der Waals surface area contributed by atoms with Crippen molar-refractivity contribution in [2.24, 2.45) is 5.92 Å². The Morgan fingerprint density at radius 1 is 1.56 bits per heavy atom. The van der Waals surface area contributed by atoms with Crippen LogP contribution in [-0.4, -0.2) is 60.4 Å². The van der Waals surface area contributed by atoms with Crippen molar-refractivity contribution in [3.8, 4) is 0 Å². The first kappa shape index (κ1) is 13.8. The lowest BCUT2D eigenvalue weighted by atomic mass is 9.96. The van der Waals surface area contributed by atoms with Crippen molar-refractivity contribution in [1.29, 1.82) is 0 Å². The highest BCUT2D eigenvalue weighted by Gasteiger charge is 2.37. The Kier molecular flexibility index (Phi) is 4.25. The van der Waals surface area contributed by atoms with E-state index in [1.165, 1.54) is 0 Å². The van der Waals surface area contributed by atoms with E-state index in [1.54, 1.807) is 0 Å². The Balaban J connectivity index is 1.99. The summed E-state index contributed by atoms with van der Waals surface area (Å²) >= 11 is 0. The topological polar surface area (TPSA) is 61.8 Å². The molecule has 2 aliphatic heterocycles. The molecule has 18 heavy (non-hydrogen) atoms. The predicted octanol–water partition coefficient (Wildman–Crippen LogP) is -0.0157. The van der Waals surface area contributed by atoms with E-state index >= 15 is 0 Å². The van der Waals surface area contributed by atoms with Crippen molar-refractivity contribution in [3.05, 3.63) is 0 Å². The quantitative estimate of drug-likeness (QED) is 0.729. The zero-order chi connectivity index (χ0) is 13.2. The molecule has 2 fully saturated rings. The molecule has 1 unspecified atom stereocenters. The van der Waals surface area contributed by atoms with Crippen molar-refractivity contribution < 1.29 is 14.6 Å². The number of aliphatic hydroxyl groups is 1. The van der Waals surface area contributed by atoms with Gasteiger partial charge in [0.05, 0.1) is 24.2 Å². The van der Waals surface area contributed by atoms with E-state index in [-0.39, 0.29) is 30.1 Å². The third kappa shape index (κ3) is 3.22. The Morgan fingerprint density at radius 3 is 2.94 bits per heavy atom. The van der Waals surface area contributed by atoms with Crippen molar-refractivity contribution in [3.63, 3.8) is 0 Å². The molecular weight excluding hydrogens is 232 g/mol. The molecule has 0 aromatic carbocycles. The van der Waals surface area contributed by atoms with Crippen LogP contribution in [0.15, 0.2) is 0 Å². The van der Waals surface area contributed by atoms with Crippen LogP contribution < -0.4 is 5.32 Å². The van der Waals surface area contributed by atoms with Crippen LogP contribution >= 0.6 is 0 Å². The molecule has 0 aliphatic carbocycles. The van der Waals surface area contributed by atoms with Gasteiger partial charge in [0, 0.05) is 19.6 Å². The smallest absolute Gasteiger partial charge is 0.227 e. The molecule has 0 spiro atoms. The van der Waals surface area contributed by atoms with Crippen LogP contribution in [0.1, 0.15) is 26.7 Å². The van der Waals surface area contributed by atoms with Crippen molar-refractivity contribution in [2.45, 2.75) is 38.4 Å². The zero-order valence-corrected chi connectivity index (χ0v) is 11.3. The number of morpholine rings is 1.